The molecule has 1 N–H and O–H groups in total. The van der Waals surface area contributed by atoms with E-state index in [1.807, 2.05) is 13.8 Å². The molecule has 1 aromatic rings. The Morgan fingerprint density at radius 3 is 2.93 bits per heavy atom. The zero-order valence-corrected chi connectivity index (χ0v) is 8.30. The Kier molecular flexibility index (Phi) is 3.58. The zero-order chi connectivity index (χ0) is 10.6. The zero-order valence-electron chi connectivity index (χ0n) is 8.30. The minimum Gasteiger partial charge on any atom is -0.313 e. The normalized spacial score (nSPS) is 10.8. The van der Waals surface area contributed by atoms with Gasteiger partial charge in [0.25, 0.3) is 0 Å². The lowest BCUT2D eigenvalue weighted by Gasteiger charge is -2.06. The maximum absolute atomic E-state index is 10.3. The Balaban J connectivity index is 2.40. The van der Waals surface area contributed by atoms with Crippen LogP contribution in [0.2, 0.25) is 0 Å². The van der Waals surface area contributed by atoms with E-state index < -0.39 is 4.92 Å². The molecule has 0 saturated heterocycles. The molecule has 0 amide bonds. The molecule has 78 valence electrons. The van der Waals surface area contributed by atoms with Crippen LogP contribution in [-0.2, 0) is 6.54 Å². The number of hydrogen-bond acceptors (Lipinski definition) is 4. The SMILES string of the molecule is CC(C)NCCn1cc([N+](=O)[O-])cn1. The third kappa shape index (κ3) is 3.14. The fourth-order valence-electron chi connectivity index (χ4n) is 1.04. The van der Waals surface area contributed by atoms with E-state index in [0.29, 0.717) is 12.6 Å². The van der Waals surface area contributed by atoms with Crippen molar-refractivity contribution < 1.29 is 4.92 Å². The average Bonchev–Trinajstić information content (AvgIpc) is 2.52. The fourth-order valence-corrected chi connectivity index (χ4v) is 1.04. The van der Waals surface area contributed by atoms with Crippen LogP contribution in [-0.4, -0.2) is 27.3 Å². The Hall–Kier alpha value is -1.43. The molecule has 0 radical (unpaired) electrons. The first kappa shape index (κ1) is 10.6. The summed E-state index contributed by atoms with van der Waals surface area (Å²) in [4.78, 5) is 9.89. The van der Waals surface area contributed by atoms with Gasteiger partial charge in [0.05, 0.1) is 11.5 Å². The first-order valence-corrected chi connectivity index (χ1v) is 4.50. The van der Waals surface area contributed by atoms with Crippen molar-refractivity contribution in [2.24, 2.45) is 0 Å². The van der Waals surface area contributed by atoms with Gasteiger partial charge in [-0.15, -0.1) is 0 Å². The molecule has 0 aliphatic heterocycles. The van der Waals surface area contributed by atoms with Gasteiger partial charge in [0.15, 0.2) is 0 Å². The van der Waals surface area contributed by atoms with E-state index in [2.05, 4.69) is 10.4 Å². The number of nitro groups is 1. The monoisotopic (exact) mass is 198 g/mol. The van der Waals surface area contributed by atoms with Gasteiger partial charge in [-0.3, -0.25) is 14.8 Å². The second-order valence-corrected chi connectivity index (χ2v) is 3.33. The Morgan fingerprint density at radius 2 is 2.43 bits per heavy atom. The summed E-state index contributed by atoms with van der Waals surface area (Å²) in [6, 6.07) is 0.417. The highest BCUT2D eigenvalue weighted by Gasteiger charge is 2.07. The van der Waals surface area contributed by atoms with Crippen molar-refractivity contribution in [3.8, 4) is 0 Å². The van der Waals surface area contributed by atoms with Gasteiger partial charge in [-0.05, 0) is 0 Å². The summed E-state index contributed by atoms with van der Waals surface area (Å²) in [6.07, 6.45) is 2.69. The van der Waals surface area contributed by atoms with Gasteiger partial charge >= 0.3 is 5.69 Å². The highest BCUT2D eigenvalue weighted by atomic mass is 16.6. The Morgan fingerprint density at radius 1 is 1.71 bits per heavy atom. The summed E-state index contributed by atoms with van der Waals surface area (Å²) in [5, 5.41) is 17.4. The molecule has 1 heterocycles. The highest BCUT2D eigenvalue weighted by Crippen LogP contribution is 2.06. The summed E-state index contributed by atoms with van der Waals surface area (Å²) in [7, 11) is 0. The van der Waals surface area contributed by atoms with Crippen LogP contribution in [0.1, 0.15) is 13.8 Å². The van der Waals surface area contributed by atoms with Gasteiger partial charge < -0.3 is 5.32 Å². The summed E-state index contributed by atoms with van der Waals surface area (Å²) < 4.78 is 1.56. The Labute approximate surface area is 82.1 Å². The second kappa shape index (κ2) is 4.71. The molecule has 0 fully saturated rings. The molecule has 0 atom stereocenters. The maximum atomic E-state index is 10.3. The fraction of sp³-hybridized carbons (Fsp3) is 0.625. The quantitative estimate of drug-likeness (QED) is 0.560. The van der Waals surface area contributed by atoms with Gasteiger partial charge in [-0.2, -0.15) is 5.10 Å². The standard InChI is InChI=1S/C8H14N4O2/c1-7(2)9-3-4-11-6-8(5-10-11)12(13)14/h5-7,9H,3-4H2,1-2H3. The lowest BCUT2D eigenvalue weighted by Crippen LogP contribution is -2.26. The van der Waals surface area contributed by atoms with E-state index in [4.69, 9.17) is 0 Å². The number of rotatable bonds is 5. The average molecular weight is 198 g/mol. The number of aromatic nitrogens is 2. The lowest BCUT2D eigenvalue weighted by molar-refractivity contribution is -0.385. The van der Waals surface area contributed by atoms with Crippen molar-refractivity contribution in [3.05, 3.63) is 22.5 Å². The molecule has 1 aromatic heterocycles. The van der Waals surface area contributed by atoms with Gasteiger partial charge in [0.1, 0.15) is 12.4 Å². The number of hydrogen-bond donors (Lipinski definition) is 1. The summed E-state index contributed by atoms with van der Waals surface area (Å²) in [6.45, 7) is 5.50. The molecular formula is C8H14N4O2. The summed E-state index contributed by atoms with van der Waals surface area (Å²) >= 11 is 0. The van der Waals surface area contributed by atoms with Crippen LogP contribution >= 0.6 is 0 Å². The molecule has 0 spiro atoms. The van der Waals surface area contributed by atoms with Crippen LogP contribution in [0.3, 0.4) is 0 Å². The third-order valence-electron chi connectivity index (χ3n) is 1.72. The van der Waals surface area contributed by atoms with Crippen LogP contribution < -0.4 is 5.32 Å². The molecular weight excluding hydrogens is 184 g/mol. The highest BCUT2D eigenvalue weighted by molar-refractivity contribution is 5.20. The van der Waals surface area contributed by atoms with Gasteiger partial charge in [0.2, 0.25) is 0 Å². The molecule has 0 aliphatic rings. The van der Waals surface area contributed by atoms with Crippen molar-refractivity contribution in [2.75, 3.05) is 6.54 Å². The smallest absolute Gasteiger partial charge is 0.306 e. The van der Waals surface area contributed by atoms with Crippen LogP contribution in [0.5, 0.6) is 0 Å². The largest absolute Gasteiger partial charge is 0.313 e. The van der Waals surface area contributed by atoms with Crippen molar-refractivity contribution in [3.63, 3.8) is 0 Å². The van der Waals surface area contributed by atoms with Crippen LogP contribution in [0, 0.1) is 10.1 Å². The van der Waals surface area contributed by atoms with Crippen LogP contribution in [0.4, 0.5) is 5.69 Å². The molecule has 6 nitrogen and oxygen atoms in total. The molecule has 6 heteroatoms. The summed E-state index contributed by atoms with van der Waals surface area (Å²) in [5.41, 5.74) is 0.0366. The van der Waals surface area contributed by atoms with Crippen LogP contribution in [0.25, 0.3) is 0 Å². The third-order valence-corrected chi connectivity index (χ3v) is 1.72. The predicted molar refractivity (Wildman–Crippen MR) is 52.0 cm³/mol. The molecule has 0 aromatic carbocycles. The van der Waals surface area contributed by atoms with Crippen molar-refractivity contribution in [1.82, 2.24) is 15.1 Å². The lowest BCUT2D eigenvalue weighted by atomic mass is 10.4. The van der Waals surface area contributed by atoms with Gasteiger partial charge in [-0.1, -0.05) is 13.8 Å². The topological polar surface area (TPSA) is 73.0 Å². The first-order chi connectivity index (χ1) is 6.59. The van der Waals surface area contributed by atoms with Crippen LogP contribution in [0.15, 0.2) is 12.4 Å². The molecule has 0 bridgehead atoms. The maximum Gasteiger partial charge on any atom is 0.306 e. The summed E-state index contributed by atoms with van der Waals surface area (Å²) in [5.74, 6) is 0. The van der Waals surface area contributed by atoms with Gasteiger partial charge in [-0.25, -0.2) is 0 Å². The molecule has 0 unspecified atom stereocenters. The predicted octanol–water partition coefficient (Wildman–Crippen LogP) is 0.789. The minimum absolute atomic E-state index is 0.0366. The molecule has 14 heavy (non-hydrogen) atoms. The van der Waals surface area contributed by atoms with E-state index in [-0.39, 0.29) is 5.69 Å². The molecule has 0 saturated carbocycles. The second-order valence-electron chi connectivity index (χ2n) is 3.33. The van der Waals surface area contributed by atoms with Crippen molar-refractivity contribution >= 4 is 5.69 Å². The van der Waals surface area contributed by atoms with Gasteiger partial charge in [0, 0.05) is 12.6 Å². The van der Waals surface area contributed by atoms with E-state index in [1.165, 1.54) is 12.4 Å². The number of nitrogens with one attached hydrogen (secondary N) is 1. The van der Waals surface area contributed by atoms with Crippen molar-refractivity contribution in [2.45, 2.75) is 26.4 Å². The number of nitrogens with zero attached hydrogens (tertiary/aromatic N) is 3. The Bertz CT molecular complexity index is 308. The van der Waals surface area contributed by atoms with E-state index >= 15 is 0 Å². The van der Waals surface area contributed by atoms with Crippen molar-refractivity contribution in [1.29, 1.82) is 0 Å². The molecule has 0 aliphatic carbocycles. The first-order valence-electron chi connectivity index (χ1n) is 4.50. The minimum atomic E-state index is -0.445. The molecule has 1 rings (SSSR count). The van der Waals surface area contributed by atoms with E-state index in [9.17, 15) is 10.1 Å². The van der Waals surface area contributed by atoms with E-state index in [1.54, 1.807) is 4.68 Å². The van der Waals surface area contributed by atoms with E-state index in [0.717, 1.165) is 6.54 Å².